The van der Waals surface area contributed by atoms with Crippen LogP contribution in [0.3, 0.4) is 0 Å². The zero-order valence-corrected chi connectivity index (χ0v) is 16.5. The number of para-hydroxylation sites is 1. The van der Waals surface area contributed by atoms with Crippen LogP contribution in [0.25, 0.3) is 0 Å². The second-order valence-corrected chi connectivity index (χ2v) is 7.01. The van der Waals surface area contributed by atoms with Gasteiger partial charge in [-0.1, -0.05) is 30.3 Å². The van der Waals surface area contributed by atoms with Crippen molar-refractivity contribution in [2.45, 2.75) is 25.4 Å². The van der Waals surface area contributed by atoms with Gasteiger partial charge in [-0.05, 0) is 49.7 Å². The van der Waals surface area contributed by atoms with Crippen LogP contribution >= 0.6 is 0 Å². The van der Waals surface area contributed by atoms with Crippen molar-refractivity contribution in [3.05, 3.63) is 60.2 Å². The van der Waals surface area contributed by atoms with Crippen molar-refractivity contribution >= 4 is 11.6 Å². The van der Waals surface area contributed by atoms with Gasteiger partial charge in [-0.25, -0.2) is 4.99 Å². The Hall–Kier alpha value is -2.57. The first-order valence-corrected chi connectivity index (χ1v) is 9.82. The molecule has 0 aromatic heterocycles. The van der Waals surface area contributed by atoms with Gasteiger partial charge in [-0.15, -0.1) is 0 Å². The lowest BCUT2D eigenvalue weighted by Crippen LogP contribution is -2.38. The number of nitrogens with zero attached hydrogens (tertiary/aromatic N) is 2. The van der Waals surface area contributed by atoms with Crippen molar-refractivity contribution in [1.29, 1.82) is 0 Å². The van der Waals surface area contributed by atoms with Crippen LogP contribution in [0.4, 0.5) is 5.69 Å². The minimum absolute atomic E-state index is 0.399. The number of nitrogens with one attached hydrogen (secondary N) is 1. The molecule has 0 atom stereocenters. The molecule has 0 unspecified atom stereocenters. The van der Waals surface area contributed by atoms with Crippen molar-refractivity contribution in [3.63, 3.8) is 0 Å². The number of likely N-dealkylation sites (N-methyl/N-ethyl adjacent to an activating group) is 1. The van der Waals surface area contributed by atoms with Crippen LogP contribution in [0, 0.1) is 0 Å². The zero-order chi connectivity index (χ0) is 19.6. The van der Waals surface area contributed by atoms with Crippen LogP contribution in [0.2, 0.25) is 0 Å². The van der Waals surface area contributed by atoms with Crippen LogP contribution in [0.15, 0.2) is 59.6 Å². The summed E-state index contributed by atoms with van der Waals surface area (Å²) in [4.78, 5) is 6.78. The van der Waals surface area contributed by atoms with Crippen LogP contribution in [-0.2, 0) is 11.3 Å². The third-order valence-corrected chi connectivity index (χ3v) is 4.90. The lowest BCUT2D eigenvalue weighted by molar-refractivity contribution is 0.0392. The number of nitrogens with two attached hydrogens (primary N) is 1. The van der Waals surface area contributed by atoms with Gasteiger partial charge in [0.1, 0.15) is 12.4 Å². The van der Waals surface area contributed by atoms with Gasteiger partial charge in [0, 0.05) is 31.5 Å². The summed E-state index contributed by atoms with van der Waals surface area (Å²) in [5, 5.41) is 3.09. The van der Waals surface area contributed by atoms with Crippen molar-refractivity contribution in [2.24, 2.45) is 10.7 Å². The molecule has 2 aromatic carbocycles. The third-order valence-electron chi connectivity index (χ3n) is 4.90. The molecule has 0 radical (unpaired) electrons. The Morgan fingerprint density at radius 2 is 1.96 bits per heavy atom. The van der Waals surface area contributed by atoms with Crippen LogP contribution < -0.4 is 15.8 Å². The number of hydrogen-bond acceptors (Lipinski definition) is 4. The van der Waals surface area contributed by atoms with E-state index in [1.165, 1.54) is 0 Å². The minimum atomic E-state index is 0.399. The molecule has 0 bridgehead atoms. The maximum atomic E-state index is 5.97. The number of ether oxygens (including phenoxy) is 2. The number of anilines is 1. The summed E-state index contributed by atoms with van der Waals surface area (Å²) >= 11 is 0. The lowest BCUT2D eigenvalue weighted by Gasteiger charge is -2.31. The maximum absolute atomic E-state index is 5.97. The highest BCUT2D eigenvalue weighted by Crippen LogP contribution is 2.16. The molecule has 0 aliphatic carbocycles. The summed E-state index contributed by atoms with van der Waals surface area (Å²) in [6.45, 7) is 3.80. The molecule has 0 saturated carbocycles. The van der Waals surface area contributed by atoms with E-state index in [0.29, 0.717) is 25.2 Å². The summed E-state index contributed by atoms with van der Waals surface area (Å²) in [7, 11) is 2.16. The quantitative estimate of drug-likeness (QED) is 0.542. The van der Waals surface area contributed by atoms with E-state index in [2.05, 4.69) is 22.3 Å². The van der Waals surface area contributed by atoms with E-state index in [1.54, 1.807) is 0 Å². The molecule has 1 heterocycles. The van der Waals surface area contributed by atoms with E-state index in [1.807, 2.05) is 54.6 Å². The SMILES string of the molecule is CN(CCOc1cccc(CN=C(N)Nc2ccccc2)c1)C1CCOCC1. The molecule has 150 valence electrons. The molecule has 1 aliphatic heterocycles. The summed E-state index contributed by atoms with van der Waals surface area (Å²) < 4.78 is 11.4. The van der Waals surface area contributed by atoms with Crippen LogP contribution in [-0.4, -0.2) is 50.3 Å². The molecule has 6 heteroatoms. The van der Waals surface area contributed by atoms with E-state index in [0.717, 1.165) is 49.6 Å². The van der Waals surface area contributed by atoms with Crippen molar-refractivity contribution in [3.8, 4) is 5.75 Å². The largest absolute Gasteiger partial charge is 0.492 e. The molecule has 28 heavy (non-hydrogen) atoms. The number of guanidine groups is 1. The van der Waals surface area contributed by atoms with Gasteiger partial charge < -0.3 is 20.5 Å². The zero-order valence-electron chi connectivity index (χ0n) is 16.5. The van der Waals surface area contributed by atoms with Gasteiger partial charge in [0.15, 0.2) is 5.96 Å². The average molecular weight is 383 g/mol. The summed E-state index contributed by atoms with van der Waals surface area (Å²) in [6.07, 6.45) is 2.20. The molecule has 3 rings (SSSR count). The fourth-order valence-corrected chi connectivity index (χ4v) is 3.23. The maximum Gasteiger partial charge on any atom is 0.193 e. The van der Waals surface area contributed by atoms with Gasteiger partial charge >= 0.3 is 0 Å². The molecular weight excluding hydrogens is 352 g/mol. The monoisotopic (exact) mass is 382 g/mol. The van der Waals surface area contributed by atoms with Crippen LogP contribution in [0.1, 0.15) is 18.4 Å². The smallest absolute Gasteiger partial charge is 0.193 e. The Labute approximate surface area is 167 Å². The summed E-state index contributed by atoms with van der Waals surface area (Å²) in [6, 6.07) is 18.4. The molecular formula is C22H30N4O2. The number of aliphatic imine (C=N–C) groups is 1. The van der Waals surface area contributed by atoms with E-state index in [-0.39, 0.29) is 0 Å². The van der Waals surface area contributed by atoms with Gasteiger partial charge in [0.25, 0.3) is 0 Å². The summed E-state index contributed by atoms with van der Waals surface area (Å²) in [5.41, 5.74) is 7.96. The van der Waals surface area contributed by atoms with Crippen molar-refractivity contribution in [2.75, 3.05) is 38.7 Å². The minimum Gasteiger partial charge on any atom is -0.492 e. The molecule has 0 spiro atoms. The Morgan fingerprint density at radius 1 is 1.18 bits per heavy atom. The van der Waals surface area contributed by atoms with Crippen molar-refractivity contribution < 1.29 is 9.47 Å². The van der Waals surface area contributed by atoms with Crippen molar-refractivity contribution in [1.82, 2.24) is 4.90 Å². The molecule has 1 saturated heterocycles. The number of rotatable bonds is 8. The number of hydrogen-bond donors (Lipinski definition) is 2. The molecule has 6 nitrogen and oxygen atoms in total. The fourth-order valence-electron chi connectivity index (χ4n) is 3.23. The van der Waals surface area contributed by atoms with Gasteiger partial charge in [0.05, 0.1) is 6.54 Å². The first-order valence-electron chi connectivity index (χ1n) is 9.82. The van der Waals surface area contributed by atoms with Gasteiger partial charge in [0.2, 0.25) is 0 Å². The second kappa shape index (κ2) is 10.7. The second-order valence-electron chi connectivity index (χ2n) is 7.01. The van der Waals surface area contributed by atoms with E-state index in [9.17, 15) is 0 Å². The predicted molar refractivity (Wildman–Crippen MR) is 114 cm³/mol. The Bertz CT molecular complexity index is 745. The standard InChI is InChI=1S/C22H30N4O2/c1-26(20-10-13-27-14-11-20)12-15-28-21-9-5-6-18(16-21)17-24-22(23)25-19-7-3-2-4-8-19/h2-9,16,20H,10-15,17H2,1H3,(H3,23,24,25). The molecule has 3 N–H and O–H groups in total. The molecule has 1 aliphatic rings. The first-order chi connectivity index (χ1) is 13.7. The molecule has 0 amide bonds. The summed E-state index contributed by atoms with van der Waals surface area (Å²) in [5.74, 6) is 1.26. The van der Waals surface area contributed by atoms with Gasteiger partial charge in [-0.2, -0.15) is 0 Å². The molecule has 1 fully saturated rings. The average Bonchev–Trinajstić information content (AvgIpc) is 2.74. The normalized spacial score (nSPS) is 15.6. The Kier molecular flexibility index (Phi) is 7.70. The molecule has 2 aromatic rings. The Morgan fingerprint density at radius 3 is 2.75 bits per heavy atom. The van der Waals surface area contributed by atoms with E-state index in [4.69, 9.17) is 15.2 Å². The highest BCUT2D eigenvalue weighted by atomic mass is 16.5. The van der Waals surface area contributed by atoms with Crippen LogP contribution in [0.5, 0.6) is 5.75 Å². The lowest BCUT2D eigenvalue weighted by atomic mass is 10.1. The predicted octanol–water partition coefficient (Wildman–Crippen LogP) is 3.10. The fraction of sp³-hybridized carbons (Fsp3) is 0.409. The van der Waals surface area contributed by atoms with E-state index < -0.39 is 0 Å². The number of benzene rings is 2. The first kappa shape index (κ1) is 20.2. The highest BCUT2D eigenvalue weighted by molar-refractivity contribution is 5.92. The van der Waals surface area contributed by atoms with Gasteiger partial charge in [-0.3, -0.25) is 4.90 Å². The highest BCUT2D eigenvalue weighted by Gasteiger charge is 2.17. The topological polar surface area (TPSA) is 72.1 Å². The Balaban J connectivity index is 1.45. The van der Waals surface area contributed by atoms with E-state index >= 15 is 0 Å². The third kappa shape index (κ3) is 6.55.